The highest BCUT2D eigenvalue weighted by molar-refractivity contribution is 7.91. The third kappa shape index (κ3) is 7.14. The minimum atomic E-state index is -4.00. The van der Waals surface area contributed by atoms with Gasteiger partial charge in [0.2, 0.25) is 27.7 Å². The van der Waals surface area contributed by atoms with Crippen molar-refractivity contribution in [3.8, 4) is 5.88 Å². The SMILES string of the molecule is CC1(S(=O)(=O)NC(=O)[C@]23CC(=O)[C@@H]4C[C@@H](Oc5nc6cc(F)ccc6c6cc(F)ccc56)CN4C(=O)[C@@H](NC(=O)c4ccon4)CCCCC/C=C\[C@@H]2C3)CC1. The Morgan fingerprint density at radius 2 is 1.77 bits per heavy atom. The summed E-state index contributed by atoms with van der Waals surface area (Å²) in [5.74, 6) is -3.82. The molecule has 0 unspecified atom stereocenters. The molecule has 1 saturated heterocycles. The Balaban J connectivity index is 1.14. The van der Waals surface area contributed by atoms with Crippen LogP contribution in [0.4, 0.5) is 8.78 Å². The summed E-state index contributed by atoms with van der Waals surface area (Å²) in [6, 6.07) is 7.17. The maximum absolute atomic E-state index is 14.6. The maximum atomic E-state index is 14.6. The zero-order chi connectivity index (χ0) is 39.4. The lowest BCUT2D eigenvalue weighted by Crippen LogP contribution is -2.52. The molecule has 8 rings (SSSR count). The summed E-state index contributed by atoms with van der Waals surface area (Å²) in [5.41, 5.74) is -1.16. The van der Waals surface area contributed by atoms with Gasteiger partial charge in [0, 0.05) is 35.7 Å². The van der Waals surface area contributed by atoms with E-state index in [1.165, 1.54) is 53.6 Å². The highest BCUT2D eigenvalue weighted by Crippen LogP contribution is 2.57. The largest absolute Gasteiger partial charge is 0.472 e. The van der Waals surface area contributed by atoms with Gasteiger partial charge in [-0.05, 0) is 87.1 Å². The van der Waals surface area contributed by atoms with E-state index in [9.17, 15) is 36.4 Å². The maximum Gasteiger partial charge on any atom is 0.274 e. The van der Waals surface area contributed by atoms with Crippen molar-refractivity contribution in [2.45, 2.75) is 94.1 Å². The summed E-state index contributed by atoms with van der Waals surface area (Å²) < 4.78 is 67.7. The Bertz CT molecular complexity index is 2380. The number of fused-ring (bicyclic) bond motifs is 5. The molecule has 5 atom stereocenters. The fourth-order valence-corrected chi connectivity index (χ4v) is 9.35. The van der Waals surface area contributed by atoms with Crippen LogP contribution in [0.1, 0.15) is 81.6 Å². The number of allylic oxidation sites excluding steroid dienone is 2. The number of rotatable bonds is 7. The summed E-state index contributed by atoms with van der Waals surface area (Å²) in [7, 11) is -4.00. The second-order valence-electron chi connectivity index (χ2n) is 15.7. The molecule has 13 nitrogen and oxygen atoms in total. The van der Waals surface area contributed by atoms with Crippen molar-refractivity contribution in [2.24, 2.45) is 11.3 Å². The second kappa shape index (κ2) is 14.4. The number of Topliss-reactive ketones (excluding diaryl/α,β-unsaturated/α-hetero) is 1. The number of nitrogens with zero attached hydrogens (tertiary/aromatic N) is 3. The normalized spacial score (nSPS) is 27.1. The molecule has 2 aliphatic heterocycles. The van der Waals surface area contributed by atoms with E-state index in [2.05, 4.69) is 20.2 Å². The van der Waals surface area contributed by atoms with Crippen LogP contribution in [0, 0.1) is 23.0 Å². The summed E-state index contributed by atoms with van der Waals surface area (Å²) in [4.78, 5) is 62.1. The standard InChI is InChI=1S/C40H41F2N5O8S/c1-39(14-15-39)56(52,53)46-38(51)40-20-23(40)7-5-3-2-4-6-8-31(43-35(49)30-13-16-54-45-30)37(50)47-22-26(19-33(47)34(48)21-40)55-36-28-12-10-24(41)17-29(28)27-11-9-25(42)18-32(27)44-36/h5,7,9-13,16-18,23,26,31,33H,2-4,6,8,14-15,19-22H2,1H3,(H,43,49)(H,46,51)/b7-5-/t23-,26-,31+,33+,40-/m1/s1. The van der Waals surface area contributed by atoms with Crippen molar-refractivity contribution in [2.75, 3.05) is 6.54 Å². The number of nitrogens with one attached hydrogen (secondary N) is 2. The first kappa shape index (κ1) is 37.7. The van der Waals surface area contributed by atoms with E-state index in [1.54, 1.807) is 6.92 Å². The topological polar surface area (TPSA) is 178 Å². The van der Waals surface area contributed by atoms with Gasteiger partial charge in [-0.25, -0.2) is 22.2 Å². The van der Waals surface area contributed by atoms with Gasteiger partial charge in [-0.1, -0.05) is 30.2 Å². The predicted octanol–water partition coefficient (Wildman–Crippen LogP) is 5.29. The number of sulfonamides is 1. The van der Waals surface area contributed by atoms with Gasteiger partial charge in [0.15, 0.2) is 11.5 Å². The molecule has 3 fully saturated rings. The number of hydrogen-bond donors (Lipinski definition) is 2. The fraction of sp³-hybridized carbons (Fsp3) is 0.450. The van der Waals surface area contributed by atoms with E-state index < -0.39 is 73.5 Å². The van der Waals surface area contributed by atoms with E-state index in [0.29, 0.717) is 41.8 Å². The van der Waals surface area contributed by atoms with Crippen LogP contribution in [0.3, 0.4) is 0 Å². The van der Waals surface area contributed by atoms with E-state index >= 15 is 0 Å². The average molecular weight is 790 g/mol. The van der Waals surface area contributed by atoms with Crippen molar-refractivity contribution in [1.29, 1.82) is 0 Å². The predicted molar refractivity (Wildman–Crippen MR) is 199 cm³/mol. The number of pyridine rings is 1. The molecule has 56 heavy (non-hydrogen) atoms. The van der Waals surface area contributed by atoms with E-state index in [1.807, 2.05) is 12.2 Å². The Labute approximate surface area is 321 Å². The van der Waals surface area contributed by atoms with Crippen LogP contribution in [0.5, 0.6) is 5.88 Å². The van der Waals surface area contributed by atoms with Crippen LogP contribution >= 0.6 is 0 Å². The van der Waals surface area contributed by atoms with E-state index in [0.717, 1.165) is 12.8 Å². The van der Waals surface area contributed by atoms with Crippen LogP contribution in [0.15, 0.2) is 65.4 Å². The summed E-state index contributed by atoms with van der Waals surface area (Å²) in [5, 5.41) is 7.81. The molecule has 2 aromatic heterocycles. The lowest BCUT2D eigenvalue weighted by molar-refractivity contribution is -0.140. The Hall–Kier alpha value is -5.25. The van der Waals surface area contributed by atoms with Gasteiger partial charge >= 0.3 is 0 Å². The number of halogens is 2. The zero-order valence-electron chi connectivity index (χ0n) is 30.6. The summed E-state index contributed by atoms with van der Waals surface area (Å²) >= 11 is 0. The lowest BCUT2D eigenvalue weighted by Gasteiger charge is -2.29. The number of aromatic nitrogens is 2. The molecule has 3 amide bonds. The van der Waals surface area contributed by atoms with Crippen LogP contribution < -0.4 is 14.8 Å². The van der Waals surface area contributed by atoms with Crippen molar-refractivity contribution in [3.05, 3.63) is 78.2 Å². The van der Waals surface area contributed by atoms with Gasteiger partial charge in [-0.15, -0.1) is 0 Å². The monoisotopic (exact) mass is 789 g/mol. The van der Waals surface area contributed by atoms with Gasteiger partial charge in [0.1, 0.15) is 30.0 Å². The summed E-state index contributed by atoms with van der Waals surface area (Å²) in [6.07, 6.45) is 7.92. The summed E-state index contributed by atoms with van der Waals surface area (Å²) in [6.45, 7) is 1.46. The second-order valence-corrected chi connectivity index (χ2v) is 17.9. The Kier molecular flexibility index (Phi) is 9.66. The smallest absolute Gasteiger partial charge is 0.274 e. The van der Waals surface area contributed by atoms with Gasteiger partial charge < -0.3 is 19.5 Å². The molecule has 2 aromatic carbocycles. The van der Waals surface area contributed by atoms with Crippen LogP contribution in [-0.2, 0) is 24.4 Å². The van der Waals surface area contributed by atoms with Crippen LogP contribution in [0.2, 0.25) is 0 Å². The van der Waals surface area contributed by atoms with E-state index in [4.69, 9.17) is 9.26 Å². The molecule has 4 aliphatic rings. The van der Waals surface area contributed by atoms with Crippen LogP contribution in [-0.4, -0.2) is 76.4 Å². The number of benzene rings is 2. The van der Waals surface area contributed by atoms with Crippen LogP contribution in [0.25, 0.3) is 21.7 Å². The van der Waals surface area contributed by atoms with Crippen molar-refractivity contribution in [1.82, 2.24) is 25.1 Å². The number of carbonyl (C=O) groups is 4. The van der Waals surface area contributed by atoms with Gasteiger partial charge in [-0.3, -0.25) is 23.9 Å². The Morgan fingerprint density at radius 1 is 1.00 bits per heavy atom. The molecule has 4 heterocycles. The first-order chi connectivity index (χ1) is 26.8. The molecule has 2 saturated carbocycles. The number of ether oxygens (including phenoxy) is 1. The lowest BCUT2D eigenvalue weighted by atomic mass is 9.91. The highest BCUT2D eigenvalue weighted by Gasteiger charge is 2.62. The Morgan fingerprint density at radius 3 is 2.52 bits per heavy atom. The molecule has 4 aromatic rings. The molecule has 0 bridgehead atoms. The number of ketones is 1. The van der Waals surface area contributed by atoms with Crippen molar-refractivity contribution < 1.29 is 45.6 Å². The zero-order valence-corrected chi connectivity index (χ0v) is 31.4. The molecule has 294 valence electrons. The molecule has 16 heteroatoms. The average Bonchev–Trinajstić information content (AvgIpc) is 3.90. The first-order valence-electron chi connectivity index (χ1n) is 18.9. The minimum absolute atomic E-state index is 0.0287. The molecule has 0 spiro atoms. The molecule has 2 N–H and O–H groups in total. The number of amides is 3. The number of carbonyl (C=O) groups excluding carboxylic acids is 4. The fourth-order valence-electron chi connectivity index (χ4n) is 8.02. The third-order valence-corrected chi connectivity index (χ3v) is 14.0. The molecular formula is C40H41F2N5O8S. The molecular weight excluding hydrogens is 749 g/mol. The van der Waals surface area contributed by atoms with Crippen molar-refractivity contribution >= 4 is 55.2 Å². The highest BCUT2D eigenvalue weighted by atomic mass is 32.2. The quantitative estimate of drug-likeness (QED) is 0.185. The molecule has 2 aliphatic carbocycles. The molecule has 0 radical (unpaired) electrons. The van der Waals surface area contributed by atoms with Gasteiger partial charge in [-0.2, -0.15) is 0 Å². The number of hydrogen-bond acceptors (Lipinski definition) is 10. The minimum Gasteiger partial charge on any atom is -0.472 e. The van der Waals surface area contributed by atoms with Gasteiger partial charge in [0.05, 0.1) is 28.3 Å². The van der Waals surface area contributed by atoms with E-state index in [-0.39, 0.29) is 55.2 Å². The third-order valence-electron chi connectivity index (χ3n) is 11.8. The van der Waals surface area contributed by atoms with Gasteiger partial charge in [0.25, 0.3) is 5.91 Å². The first-order valence-corrected chi connectivity index (χ1v) is 20.4. The van der Waals surface area contributed by atoms with Crippen molar-refractivity contribution in [3.63, 3.8) is 0 Å².